The number of carbonyl (C=O) groups is 2. The Hall–Kier alpha value is -3.86. The summed E-state index contributed by atoms with van der Waals surface area (Å²) in [4.78, 5) is 25.9. The Bertz CT molecular complexity index is 1120. The number of hydrogen-bond acceptors (Lipinski definition) is 4. The molecule has 5 nitrogen and oxygen atoms in total. The average Bonchev–Trinajstić information content (AvgIpc) is 3.02. The quantitative estimate of drug-likeness (QED) is 0.564. The maximum Gasteiger partial charge on any atom is 0.417 e. The number of imide groups is 1. The summed E-state index contributed by atoms with van der Waals surface area (Å²) in [5, 5.41) is 0. The molecule has 0 radical (unpaired) electrons. The molecule has 1 aliphatic rings. The third kappa shape index (κ3) is 4.35. The number of ether oxygens (including phenoxy) is 2. The van der Waals surface area contributed by atoms with Crippen LogP contribution in [0.25, 0.3) is 6.08 Å². The first kappa shape index (κ1) is 16.1. The highest BCUT2D eigenvalue weighted by Crippen LogP contribution is 2.28. The summed E-state index contributed by atoms with van der Waals surface area (Å²) in [6.07, 6.45) is 1.75. The van der Waals surface area contributed by atoms with Gasteiger partial charge in [-0.15, -0.1) is 0 Å². The molecule has 1 saturated heterocycles. The van der Waals surface area contributed by atoms with E-state index in [4.69, 9.17) is 12.2 Å². The van der Waals surface area contributed by atoms with E-state index in [0.717, 1.165) is 4.90 Å². The van der Waals surface area contributed by atoms with Crippen LogP contribution in [0.15, 0.2) is 91.0 Å². The van der Waals surface area contributed by atoms with Gasteiger partial charge in [-0.25, -0.2) is 9.69 Å². The van der Waals surface area contributed by atoms with E-state index in [-0.39, 0.29) is 0 Å². The molecule has 0 aliphatic carbocycles. The van der Waals surface area contributed by atoms with Crippen molar-refractivity contribution in [3.05, 3.63) is 102 Å². The molecule has 144 valence electrons. The minimum Gasteiger partial charge on any atom is -0.457 e. The zero-order chi connectivity index (χ0) is 21.8. The van der Waals surface area contributed by atoms with E-state index in [9.17, 15) is 9.59 Å². The Morgan fingerprint density at radius 1 is 1.00 bits per heavy atom. The lowest BCUT2D eigenvalue weighted by Gasteiger charge is -2.18. The minimum absolute atomic E-state index is 0.471. The summed E-state index contributed by atoms with van der Waals surface area (Å²) in [6, 6.07) is 23.8. The van der Waals surface area contributed by atoms with Gasteiger partial charge in [-0.2, -0.15) is 0 Å². The van der Waals surface area contributed by atoms with Crippen molar-refractivity contribution in [1.82, 2.24) is 4.90 Å². The average molecular weight is 387 g/mol. The lowest BCUT2D eigenvalue weighted by Crippen LogP contribution is -2.32. The molecule has 0 aromatic heterocycles. The fraction of sp³-hybridized carbons (Fsp3) is 0.0833. The predicted molar refractivity (Wildman–Crippen MR) is 109 cm³/mol. The Morgan fingerprint density at radius 2 is 1.69 bits per heavy atom. The van der Waals surface area contributed by atoms with E-state index in [1.54, 1.807) is 60.7 Å². The number of rotatable bonds is 5. The van der Waals surface area contributed by atoms with Crippen molar-refractivity contribution >= 4 is 18.1 Å². The molecule has 0 N–H and O–H groups in total. The second-order valence-electron chi connectivity index (χ2n) is 6.33. The van der Waals surface area contributed by atoms with Crippen LogP contribution in [0.3, 0.4) is 0 Å². The molecule has 0 bridgehead atoms. The maximum atomic E-state index is 12.8. The second kappa shape index (κ2) is 8.44. The molecule has 0 saturated carbocycles. The van der Waals surface area contributed by atoms with Gasteiger partial charge >= 0.3 is 6.09 Å². The van der Waals surface area contributed by atoms with Crippen molar-refractivity contribution in [2.24, 2.45) is 0 Å². The Kier molecular flexibility index (Phi) is 4.69. The van der Waals surface area contributed by atoms with E-state index in [1.165, 1.54) is 6.08 Å². The van der Waals surface area contributed by atoms with Crippen LogP contribution < -0.4 is 4.74 Å². The van der Waals surface area contributed by atoms with Gasteiger partial charge in [0.1, 0.15) is 24.1 Å². The molecular formula is C24H19NO4. The number of cyclic esters (lactones) is 1. The highest BCUT2D eigenvalue weighted by molar-refractivity contribution is 6.02. The number of hydrogen-bond donors (Lipinski definition) is 0. The van der Waals surface area contributed by atoms with Gasteiger partial charge in [0.05, 0.1) is 2.74 Å². The molecule has 1 fully saturated rings. The van der Waals surface area contributed by atoms with Gasteiger partial charge in [-0.1, -0.05) is 60.7 Å². The summed E-state index contributed by atoms with van der Waals surface area (Å²) in [5.41, 5.74) is 1.16. The molecule has 1 atom stereocenters. The summed E-state index contributed by atoms with van der Waals surface area (Å²) in [7, 11) is 0. The van der Waals surface area contributed by atoms with Crippen LogP contribution in [0, 0.1) is 0 Å². The molecule has 3 aromatic carbocycles. The molecule has 5 heteroatoms. The Balaban J connectivity index is 1.54. The minimum atomic E-state index is -2.33. The highest BCUT2D eigenvalue weighted by Gasteiger charge is 2.37. The van der Waals surface area contributed by atoms with Gasteiger partial charge in [0.15, 0.2) is 0 Å². The monoisotopic (exact) mass is 387 g/mol. The molecule has 0 unspecified atom stereocenters. The van der Waals surface area contributed by atoms with Gasteiger partial charge in [0, 0.05) is 6.08 Å². The van der Waals surface area contributed by atoms with Gasteiger partial charge in [-0.3, -0.25) is 4.79 Å². The first-order valence-electron chi connectivity index (χ1n) is 10.1. The van der Waals surface area contributed by atoms with E-state index < -0.39 is 24.6 Å². The third-order valence-corrected chi connectivity index (χ3v) is 4.32. The van der Waals surface area contributed by atoms with Crippen LogP contribution >= 0.6 is 0 Å². The van der Waals surface area contributed by atoms with Crippen LogP contribution in [0.1, 0.15) is 19.9 Å². The number of para-hydroxylation sites is 1. The number of carbonyl (C=O) groups excluding carboxylic acids is 2. The fourth-order valence-electron chi connectivity index (χ4n) is 2.94. The molecular weight excluding hydrogens is 366 g/mol. The maximum absolute atomic E-state index is 12.8. The van der Waals surface area contributed by atoms with Gasteiger partial charge in [-0.05, 0) is 41.5 Å². The number of amides is 2. The zero-order valence-corrected chi connectivity index (χ0v) is 15.4. The van der Waals surface area contributed by atoms with Crippen LogP contribution in [-0.2, 0) is 9.53 Å². The van der Waals surface area contributed by atoms with Crippen LogP contribution in [0.4, 0.5) is 4.79 Å². The SMILES string of the molecule is [2H]C1([2H])OC(=O)N(C(=O)/C=C/c2cccc(Oc3ccccc3)c2)[C@H]1c1ccccc1. The van der Waals surface area contributed by atoms with Crippen LogP contribution in [0.5, 0.6) is 11.5 Å². The molecule has 29 heavy (non-hydrogen) atoms. The molecule has 1 heterocycles. The summed E-state index contributed by atoms with van der Waals surface area (Å²) < 4.78 is 26.7. The first-order chi connectivity index (χ1) is 14.9. The van der Waals surface area contributed by atoms with Crippen LogP contribution in [-0.4, -0.2) is 23.5 Å². The van der Waals surface area contributed by atoms with Crippen molar-refractivity contribution in [2.45, 2.75) is 6.04 Å². The molecule has 2 amide bonds. The van der Waals surface area contributed by atoms with Crippen molar-refractivity contribution in [3.8, 4) is 11.5 Å². The van der Waals surface area contributed by atoms with Gasteiger partial charge in [0.25, 0.3) is 5.91 Å². The zero-order valence-electron chi connectivity index (χ0n) is 17.4. The van der Waals surface area contributed by atoms with Crippen molar-refractivity contribution < 1.29 is 21.8 Å². The fourth-order valence-corrected chi connectivity index (χ4v) is 2.94. The van der Waals surface area contributed by atoms with E-state index >= 15 is 0 Å². The van der Waals surface area contributed by atoms with E-state index in [0.29, 0.717) is 22.6 Å². The number of benzene rings is 3. The lowest BCUT2D eigenvalue weighted by molar-refractivity contribution is -0.124. The van der Waals surface area contributed by atoms with E-state index in [1.807, 2.05) is 30.3 Å². The van der Waals surface area contributed by atoms with Crippen molar-refractivity contribution in [2.75, 3.05) is 6.56 Å². The summed E-state index contributed by atoms with van der Waals surface area (Å²) >= 11 is 0. The highest BCUT2D eigenvalue weighted by atomic mass is 16.6. The Morgan fingerprint density at radius 3 is 2.45 bits per heavy atom. The molecule has 0 spiro atoms. The van der Waals surface area contributed by atoms with E-state index in [2.05, 4.69) is 0 Å². The second-order valence-corrected chi connectivity index (χ2v) is 6.33. The molecule has 4 rings (SSSR count). The normalized spacial score (nSPS) is 18.8. The molecule has 3 aromatic rings. The standard InChI is InChI=1S/C24H19NO4/c26-23(25-22(17-28-24(25)27)19-9-3-1-4-10-19)15-14-18-8-7-13-21(16-18)29-20-11-5-2-6-12-20/h1-16,22H,17H2/b15-14+/t22-/m1/s1/i17D2. The van der Waals surface area contributed by atoms with Crippen molar-refractivity contribution in [1.29, 1.82) is 0 Å². The smallest absolute Gasteiger partial charge is 0.417 e. The lowest BCUT2D eigenvalue weighted by atomic mass is 10.1. The largest absolute Gasteiger partial charge is 0.457 e. The molecule has 1 aliphatic heterocycles. The van der Waals surface area contributed by atoms with Crippen molar-refractivity contribution in [3.63, 3.8) is 0 Å². The van der Waals surface area contributed by atoms with Gasteiger partial charge in [0.2, 0.25) is 0 Å². The predicted octanol–water partition coefficient (Wildman–Crippen LogP) is 5.21. The van der Waals surface area contributed by atoms with Gasteiger partial charge < -0.3 is 9.47 Å². The first-order valence-corrected chi connectivity index (χ1v) is 9.06. The summed E-state index contributed by atoms with van der Waals surface area (Å²) in [6.45, 7) is -2.33. The summed E-state index contributed by atoms with van der Waals surface area (Å²) in [5.74, 6) is 0.613. The topological polar surface area (TPSA) is 55.8 Å². The number of nitrogens with zero attached hydrogens (tertiary/aromatic N) is 1. The third-order valence-electron chi connectivity index (χ3n) is 4.32. The van der Waals surface area contributed by atoms with Crippen LogP contribution in [0.2, 0.25) is 0 Å². The Labute approximate surface area is 171 Å².